The van der Waals surface area contributed by atoms with Crippen molar-refractivity contribution in [2.24, 2.45) is 0 Å². The standard InChI is InChI=1S/C10H12FNO/c11-8-3-1-7(2-4-8)10-5-9(13)6-12-10/h1-4,9-10,12-13H,5-6H2/t9-,10+/m0/s1. The van der Waals surface area contributed by atoms with E-state index in [-0.39, 0.29) is 18.0 Å². The van der Waals surface area contributed by atoms with Crippen LogP contribution in [0, 0.1) is 5.82 Å². The molecule has 0 spiro atoms. The maximum atomic E-state index is 12.6. The molecule has 1 aromatic rings. The number of halogens is 1. The predicted octanol–water partition coefficient (Wildman–Crippen LogP) is 1.22. The SMILES string of the molecule is O[C@@H]1CN[C@@H](c2ccc(F)cc2)C1. The van der Waals surface area contributed by atoms with Crippen molar-refractivity contribution in [3.05, 3.63) is 35.6 Å². The Morgan fingerprint density at radius 2 is 2.00 bits per heavy atom. The van der Waals surface area contributed by atoms with Crippen molar-refractivity contribution >= 4 is 0 Å². The number of benzene rings is 1. The van der Waals surface area contributed by atoms with Crippen LogP contribution in [-0.2, 0) is 0 Å². The van der Waals surface area contributed by atoms with Crippen LogP contribution in [0.3, 0.4) is 0 Å². The average Bonchev–Trinajstić information content (AvgIpc) is 2.53. The zero-order valence-corrected chi connectivity index (χ0v) is 7.20. The summed E-state index contributed by atoms with van der Waals surface area (Å²) >= 11 is 0. The summed E-state index contributed by atoms with van der Waals surface area (Å²) in [6.45, 7) is 0.627. The van der Waals surface area contributed by atoms with E-state index >= 15 is 0 Å². The summed E-state index contributed by atoms with van der Waals surface area (Å²) in [6, 6.07) is 6.58. The van der Waals surface area contributed by atoms with Crippen LogP contribution in [-0.4, -0.2) is 17.8 Å². The van der Waals surface area contributed by atoms with Crippen molar-refractivity contribution in [2.75, 3.05) is 6.54 Å². The largest absolute Gasteiger partial charge is 0.392 e. The second-order valence-corrected chi connectivity index (χ2v) is 3.40. The lowest BCUT2D eigenvalue weighted by molar-refractivity contribution is 0.193. The highest BCUT2D eigenvalue weighted by atomic mass is 19.1. The summed E-state index contributed by atoms with van der Waals surface area (Å²) < 4.78 is 12.6. The second-order valence-electron chi connectivity index (χ2n) is 3.40. The minimum atomic E-state index is -0.268. The Hall–Kier alpha value is -0.930. The van der Waals surface area contributed by atoms with Gasteiger partial charge in [-0.25, -0.2) is 4.39 Å². The maximum Gasteiger partial charge on any atom is 0.123 e. The molecule has 13 heavy (non-hydrogen) atoms. The van der Waals surface area contributed by atoms with Gasteiger partial charge in [-0.2, -0.15) is 0 Å². The van der Waals surface area contributed by atoms with E-state index in [0.717, 1.165) is 5.56 Å². The maximum absolute atomic E-state index is 12.6. The van der Waals surface area contributed by atoms with Gasteiger partial charge < -0.3 is 10.4 Å². The van der Waals surface area contributed by atoms with E-state index in [0.29, 0.717) is 13.0 Å². The third-order valence-electron chi connectivity index (χ3n) is 2.38. The number of rotatable bonds is 1. The Kier molecular flexibility index (Phi) is 2.29. The van der Waals surface area contributed by atoms with Crippen molar-refractivity contribution < 1.29 is 9.50 Å². The molecule has 1 fully saturated rings. The molecule has 2 N–H and O–H groups in total. The summed E-state index contributed by atoms with van der Waals surface area (Å²) in [5.74, 6) is -0.220. The van der Waals surface area contributed by atoms with E-state index in [1.54, 1.807) is 12.1 Å². The monoisotopic (exact) mass is 181 g/mol. The van der Waals surface area contributed by atoms with Gasteiger partial charge >= 0.3 is 0 Å². The minimum absolute atomic E-state index is 0.176. The van der Waals surface area contributed by atoms with Gasteiger partial charge in [0.15, 0.2) is 0 Å². The van der Waals surface area contributed by atoms with Crippen LogP contribution in [0.1, 0.15) is 18.0 Å². The van der Waals surface area contributed by atoms with E-state index in [9.17, 15) is 9.50 Å². The van der Waals surface area contributed by atoms with E-state index < -0.39 is 0 Å². The second kappa shape index (κ2) is 3.44. The van der Waals surface area contributed by atoms with Crippen molar-refractivity contribution in [3.63, 3.8) is 0 Å². The van der Waals surface area contributed by atoms with E-state index in [2.05, 4.69) is 5.32 Å². The normalized spacial score (nSPS) is 27.8. The van der Waals surface area contributed by atoms with Gasteiger partial charge in [-0.05, 0) is 24.1 Å². The zero-order chi connectivity index (χ0) is 9.26. The van der Waals surface area contributed by atoms with Crippen LogP contribution >= 0.6 is 0 Å². The lowest BCUT2D eigenvalue weighted by atomic mass is 10.1. The Labute approximate surface area is 76.4 Å². The van der Waals surface area contributed by atoms with Gasteiger partial charge in [-0.1, -0.05) is 12.1 Å². The topological polar surface area (TPSA) is 32.3 Å². The molecule has 1 heterocycles. The smallest absolute Gasteiger partial charge is 0.123 e. The molecule has 1 aliphatic heterocycles. The van der Waals surface area contributed by atoms with Crippen LogP contribution in [0.2, 0.25) is 0 Å². The first-order valence-electron chi connectivity index (χ1n) is 4.42. The fraction of sp³-hybridized carbons (Fsp3) is 0.400. The van der Waals surface area contributed by atoms with Crippen molar-refractivity contribution in [1.29, 1.82) is 0 Å². The first-order chi connectivity index (χ1) is 6.25. The van der Waals surface area contributed by atoms with E-state index in [4.69, 9.17) is 0 Å². The molecule has 0 aromatic heterocycles. The average molecular weight is 181 g/mol. The molecular weight excluding hydrogens is 169 g/mol. The Morgan fingerprint density at radius 1 is 1.31 bits per heavy atom. The van der Waals surface area contributed by atoms with Crippen molar-refractivity contribution in [2.45, 2.75) is 18.6 Å². The third kappa shape index (κ3) is 1.87. The molecule has 0 aliphatic carbocycles. The van der Waals surface area contributed by atoms with Crippen molar-refractivity contribution in [3.8, 4) is 0 Å². The Bertz CT molecular complexity index is 285. The van der Waals surface area contributed by atoms with Crippen molar-refractivity contribution in [1.82, 2.24) is 5.32 Å². The molecular formula is C10H12FNO. The molecule has 2 rings (SSSR count). The molecule has 0 bridgehead atoms. The Balaban J connectivity index is 2.13. The number of hydrogen-bond acceptors (Lipinski definition) is 2. The lowest BCUT2D eigenvalue weighted by Gasteiger charge is -2.09. The molecule has 0 unspecified atom stereocenters. The van der Waals surface area contributed by atoms with Crippen LogP contribution in [0.15, 0.2) is 24.3 Å². The predicted molar refractivity (Wildman–Crippen MR) is 47.8 cm³/mol. The van der Waals surface area contributed by atoms with Crippen LogP contribution in [0.4, 0.5) is 4.39 Å². The van der Waals surface area contributed by atoms with Gasteiger partial charge in [-0.3, -0.25) is 0 Å². The number of nitrogens with one attached hydrogen (secondary N) is 1. The minimum Gasteiger partial charge on any atom is -0.392 e. The molecule has 1 aromatic carbocycles. The highest BCUT2D eigenvalue weighted by Crippen LogP contribution is 2.23. The summed E-state index contributed by atoms with van der Waals surface area (Å²) in [6.07, 6.45) is 0.445. The number of β-amino-alcohol motifs (C(OH)–C–C–N with tert-alkyl or cyclic N) is 1. The highest BCUT2D eigenvalue weighted by Gasteiger charge is 2.22. The first kappa shape index (κ1) is 8.66. The molecule has 2 atom stereocenters. The molecule has 0 amide bonds. The molecule has 70 valence electrons. The molecule has 0 saturated carbocycles. The molecule has 2 nitrogen and oxygen atoms in total. The van der Waals surface area contributed by atoms with Crippen LogP contribution < -0.4 is 5.32 Å². The fourth-order valence-corrected chi connectivity index (χ4v) is 1.67. The fourth-order valence-electron chi connectivity index (χ4n) is 1.67. The molecule has 1 saturated heterocycles. The van der Waals surface area contributed by atoms with Gasteiger partial charge in [0, 0.05) is 12.6 Å². The summed E-state index contributed by atoms with van der Waals surface area (Å²) in [7, 11) is 0. The molecule has 3 heteroatoms. The van der Waals surface area contributed by atoms with Gasteiger partial charge in [-0.15, -0.1) is 0 Å². The zero-order valence-electron chi connectivity index (χ0n) is 7.20. The Morgan fingerprint density at radius 3 is 2.54 bits per heavy atom. The highest BCUT2D eigenvalue weighted by molar-refractivity contribution is 5.21. The quantitative estimate of drug-likeness (QED) is 0.682. The van der Waals surface area contributed by atoms with Gasteiger partial charge in [0.1, 0.15) is 5.82 Å². The number of hydrogen-bond donors (Lipinski definition) is 2. The van der Waals surface area contributed by atoms with E-state index in [1.807, 2.05) is 0 Å². The van der Waals surface area contributed by atoms with Crippen LogP contribution in [0.5, 0.6) is 0 Å². The van der Waals surface area contributed by atoms with E-state index in [1.165, 1.54) is 12.1 Å². The summed E-state index contributed by atoms with van der Waals surface area (Å²) in [4.78, 5) is 0. The lowest BCUT2D eigenvalue weighted by Crippen LogP contribution is -2.14. The summed E-state index contributed by atoms with van der Waals surface area (Å²) in [5.41, 5.74) is 1.04. The molecule has 0 radical (unpaired) electrons. The first-order valence-corrected chi connectivity index (χ1v) is 4.42. The third-order valence-corrected chi connectivity index (χ3v) is 2.38. The number of aliphatic hydroxyl groups is 1. The van der Waals surface area contributed by atoms with Crippen LogP contribution in [0.25, 0.3) is 0 Å². The number of aliphatic hydroxyl groups excluding tert-OH is 1. The van der Waals surface area contributed by atoms with Gasteiger partial charge in [0.2, 0.25) is 0 Å². The molecule has 1 aliphatic rings. The van der Waals surface area contributed by atoms with Gasteiger partial charge in [0.25, 0.3) is 0 Å². The summed E-state index contributed by atoms with van der Waals surface area (Å²) in [5, 5.41) is 12.4. The van der Waals surface area contributed by atoms with Gasteiger partial charge in [0.05, 0.1) is 6.10 Å².